The SMILES string of the molecule is COC(=O)N1c2cc([N+](=O)[O-])ccc2CC1(C)C. The van der Waals surface area contributed by atoms with Crippen molar-refractivity contribution >= 4 is 17.5 Å². The van der Waals surface area contributed by atoms with Gasteiger partial charge in [-0.1, -0.05) is 6.07 Å². The topological polar surface area (TPSA) is 72.7 Å². The third kappa shape index (κ3) is 1.79. The normalized spacial score (nSPS) is 16.3. The maximum atomic E-state index is 11.8. The molecule has 0 saturated carbocycles. The molecule has 1 amide bonds. The number of nitro groups is 1. The zero-order valence-electron chi connectivity index (χ0n) is 10.5. The van der Waals surface area contributed by atoms with Gasteiger partial charge in [0.15, 0.2) is 0 Å². The molecule has 0 aromatic heterocycles. The van der Waals surface area contributed by atoms with Gasteiger partial charge in [0.25, 0.3) is 5.69 Å². The second-order valence-electron chi connectivity index (χ2n) is 4.86. The molecule has 0 bridgehead atoms. The van der Waals surface area contributed by atoms with Crippen LogP contribution >= 0.6 is 0 Å². The number of hydrogen-bond acceptors (Lipinski definition) is 4. The highest BCUT2D eigenvalue weighted by Gasteiger charge is 2.41. The van der Waals surface area contributed by atoms with E-state index in [1.54, 1.807) is 6.07 Å². The van der Waals surface area contributed by atoms with Crippen LogP contribution in [0.3, 0.4) is 0 Å². The number of rotatable bonds is 1. The van der Waals surface area contributed by atoms with Crippen molar-refractivity contribution in [3.8, 4) is 0 Å². The Hall–Kier alpha value is -2.11. The Morgan fingerprint density at radius 2 is 2.17 bits per heavy atom. The number of nitrogens with zero attached hydrogens (tertiary/aromatic N) is 2. The van der Waals surface area contributed by atoms with Gasteiger partial charge in [0, 0.05) is 17.7 Å². The Balaban J connectivity index is 2.53. The summed E-state index contributed by atoms with van der Waals surface area (Å²) in [5.74, 6) is 0. The van der Waals surface area contributed by atoms with E-state index >= 15 is 0 Å². The standard InChI is InChI=1S/C12H14N2O4/c1-12(2)7-8-4-5-9(14(16)17)6-10(8)13(12)11(15)18-3/h4-6H,7H2,1-3H3. The molecule has 1 aromatic rings. The largest absolute Gasteiger partial charge is 0.452 e. The first-order valence-electron chi connectivity index (χ1n) is 5.52. The number of ether oxygens (including phenoxy) is 1. The fourth-order valence-electron chi connectivity index (χ4n) is 2.33. The van der Waals surface area contributed by atoms with Gasteiger partial charge in [0.1, 0.15) is 0 Å². The highest BCUT2D eigenvalue weighted by atomic mass is 16.6. The van der Waals surface area contributed by atoms with Crippen molar-refractivity contribution in [2.24, 2.45) is 0 Å². The summed E-state index contributed by atoms with van der Waals surface area (Å²) in [6.07, 6.45) is 0.148. The fourth-order valence-corrected chi connectivity index (χ4v) is 2.33. The first-order chi connectivity index (χ1) is 8.36. The summed E-state index contributed by atoms with van der Waals surface area (Å²) in [4.78, 5) is 23.6. The minimum Gasteiger partial charge on any atom is -0.452 e. The number of methoxy groups -OCH3 is 1. The number of nitro benzene ring substituents is 1. The number of anilines is 1. The lowest BCUT2D eigenvalue weighted by Crippen LogP contribution is -2.45. The summed E-state index contributed by atoms with van der Waals surface area (Å²) in [5.41, 5.74) is 1.00. The molecule has 0 radical (unpaired) electrons. The molecule has 2 rings (SSSR count). The van der Waals surface area contributed by atoms with Crippen LogP contribution in [0.5, 0.6) is 0 Å². The Morgan fingerprint density at radius 1 is 1.50 bits per heavy atom. The molecule has 1 aliphatic rings. The van der Waals surface area contributed by atoms with Gasteiger partial charge in [-0.2, -0.15) is 0 Å². The van der Waals surface area contributed by atoms with E-state index in [-0.39, 0.29) is 5.69 Å². The molecular formula is C12H14N2O4. The lowest BCUT2D eigenvalue weighted by atomic mass is 9.99. The van der Waals surface area contributed by atoms with Crippen LogP contribution in [0.2, 0.25) is 0 Å². The number of amides is 1. The average Bonchev–Trinajstić information content (AvgIpc) is 2.56. The van der Waals surface area contributed by atoms with Gasteiger partial charge in [-0.15, -0.1) is 0 Å². The van der Waals surface area contributed by atoms with Gasteiger partial charge in [-0.3, -0.25) is 15.0 Å². The molecule has 0 fully saturated rings. The minimum atomic E-state index is -0.501. The minimum absolute atomic E-state index is 0.0275. The number of hydrogen-bond donors (Lipinski definition) is 0. The molecule has 0 aliphatic carbocycles. The third-order valence-corrected chi connectivity index (χ3v) is 3.11. The Bertz CT molecular complexity index is 525. The molecular weight excluding hydrogens is 236 g/mol. The van der Waals surface area contributed by atoms with Crippen molar-refractivity contribution < 1.29 is 14.5 Å². The zero-order valence-corrected chi connectivity index (χ0v) is 10.5. The first-order valence-corrected chi connectivity index (χ1v) is 5.52. The van der Waals surface area contributed by atoms with Crippen molar-refractivity contribution in [3.05, 3.63) is 33.9 Å². The average molecular weight is 250 g/mol. The highest BCUT2D eigenvalue weighted by Crippen LogP contribution is 2.40. The summed E-state index contributed by atoms with van der Waals surface area (Å²) in [6.45, 7) is 3.80. The molecule has 0 atom stereocenters. The van der Waals surface area contributed by atoms with Crippen LogP contribution in [0.4, 0.5) is 16.2 Å². The monoisotopic (exact) mass is 250 g/mol. The highest BCUT2D eigenvalue weighted by molar-refractivity contribution is 5.92. The number of fused-ring (bicyclic) bond motifs is 1. The van der Waals surface area contributed by atoms with Crippen molar-refractivity contribution in [2.75, 3.05) is 12.0 Å². The van der Waals surface area contributed by atoms with Crippen molar-refractivity contribution in [2.45, 2.75) is 25.8 Å². The predicted octanol–water partition coefficient (Wildman–Crippen LogP) is 2.50. The molecule has 0 saturated heterocycles. The van der Waals surface area contributed by atoms with E-state index in [1.807, 2.05) is 13.8 Å². The van der Waals surface area contributed by atoms with Crippen LogP contribution in [0, 0.1) is 10.1 Å². The van der Waals surface area contributed by atoms with Gasteiger partial charge in [-0.25, -0.2) is 4.79 Å². The summed E-state index contributed by atoms with van der Waals surface area (Å²) in [7, 11) is 1.30. The van der Waals surface area contributed by atoms with Crippen LogP contribution in [0.15, 0.2) is 18.2 Å². The quantitative estimate of drug-likeness (QED) is 0.567. The molecule has 18 heavy (non-hydrogen) atoms. The molecule has 0 N–H and O–H groups in total. The van der Waals surface area contributed by atoms with Crippen molar-refractivity contribution in [3.63, 3.8) is 0 Å². The second-order valence-corrected chi connectivity index (χ2v) is 4.86. The maximum absolute atomic E-state index is 11.8. The summed E-state index contributed by atoms with van der Waals surface area (Å²) in [5, 5.41) is 10.8. The van der Waals surface area contributed by atoms with E-state index in [4.69, 9.17) is 4.74 Å². The molecule has 1 aromatic carbocycles. The Kier molecular flexibility index (Phi) is 2.73. The molecule has 96 valence electrons. The smallest absolute Gasteiger partial charge is 0.414 e. The van der Waals surface area contributed by atoms with E-state index in [2.05, 4.69) is 0 Å². The number of carbonyl (C=O) groups excluding carboxylic acids is 1. The first kappa shape index (κ1) is 12.3. The predicted molar refractivity (Wildman–Crippen MR) is 65.8 cm³/mol. The van der Waals surface area contributed by atoms with Crippen LogP contribution in [0.1, 0.15) is 19.4 Å². The summed E-state index contributed by atoms with van der Waals surface area (Å²) < 4.78 is 4.74. The van der Waals surface area contributed by atoms with Gasteiger partial charge >= 0.3 is 6.09 Å². The molecule has 6 heteroatoms. The lowest BCUT2D eigenvalue weighted by molar-refractivity contribution is -0.384. The third-order valence-electron chi connectivity index (χ3n) is 3.11. The number of non-ortho nitro benzene ring substituents is 1. The molecule has 0 spiro atoms. The number of carbonyl (C=O) groups is 1. The van der Waals surface area contributed by atoms with Crippen molar-refractivity contribution in [1.82, 2.24) is 0 Å². The van der Waals surface area contributed by atoms with E-state index in [0.717, 1.165) is 5.56 Å². The lowest BCUT2D eigenvalue weighted by Gasteiger charge is -2.30. The van der Waals surface area contributed by atoms with E-state index in [9.17, 15) is 14.9 Å². The van der Waals surface area contributed by atoms with Crippen LogP contribution in [0.25, 0.3) is 0 Å². The van der Waals surface area contributed by atoms with E-state index < -0.39 is 16.6 Å². The Morgan fingerprint density at radius 3 is 2.72 bits per heavy atom. The zero-order chi connectivity index (χ0) is 13.5. The molecule has 0 unspecified atom stereocenters. The van der Waals surface area contributed by atoms with Gasteiger partial charge in [0.2, 0.25) is 0 Å². The van der Waals surface area contributed by atoms with Crippen LogP contribution < -0.4 is 4.90 Å². The molecule has 6 nitrogen and oxygen atoms in total. The van der Waals surface area contributed by atoms with Gasteiger partial charge in [-0.05, 0) is 25.8 Å². The van der Waals surface area contributed by atoms with E-state index in [0.29, 0.717) is 12.1 Å². The number of benzene rings is 1. The summed E-state index contributed by atoms with van der Waals surface area (Å²) in [6, 6.07) is 4.56. The van der Waals surface area contributed by atoms with Crippen LogP contribution in [-0.4, -0.2) is 23.7 Å². The summed E-state index contributed by atoms with van der Waals surface area (Å²) >= 11 is 0. The molecule has 1 aliphatic heterocycles. The van der Waals surface area contributed by atoms with E-state index in [1.165, 1.54) is 24.1 Å². The molecule has 1 heterocycles. The van der Waals surface area contributed by atoms with Crippen LogP contribution in [-0.2, 0) is 11.2 Å². The van der Waals surface area contributed by atoms with Gasteiger partial charge < -0.3 is 4.74 Å². The van der Waals surface area contributed by atoms with Crippen molar-refractivity contribution in [1.29, 1.82) is 0 Å². The maximum Gasteiger partial charge on any atom is 0.414 e. The Labute approximate surface area is 104 Å². The fraction of sp³-hybridized carbons (Fsp3) is 0.417. The van der Waals surface area contributed by atoms with Gasteiger partial charge in [0.05, 0.1) is 17.7 Å². The second kappa shape index (κ2) is 3.97.